The Bertz CT molecular complexity index is 748. The summed E-state index contributed by atoms with van der Waals surface area (Å²) in [5.74, 6) is 0.342. The van der Waals surface area contributed by atoms with E-state index in [0.717, 1.165) is 26.1 Å². The average Bonchev–Trinajstić information content (AvgIpc) is 3.02. The lowest BCUT2D eigenvalue weighted by molar-refractivity contribution is -0.134. The van der Waals surface area contributed by atoms with Crippen LogP contribution in [-0.2, 0) is 21.1 Å². The number of hydrogen-bond donors (Lipinski definition) is 1. The van der Waals surface area contributed by atoms with Gasteiger partial charge in [-0.15, -0.1) is 0 Å². The molecule has 6 nitrogen and oxygen atoms in total. The van der Waals surface area contributed by atoms with E-state index in [-0.39, 0.29) is 29.5 Å². The molecule has 150 valence electrons. The Morgan fingerprint density at radius 3 is 2.59 bits per heavy atom. The van der Waals surface area contributed by atoms with Crippen molar-refractivity contribution in [3.63, 3.8) is 0 Å². The Hall–Kier alpha value is -1.44. The maximum atomic E-state index is 13.0. The smallest absolute Gasteiger partial charge is 0.237 e. The second kappa shape index (κ2) is 8.71. The van der Waals surface area contributed by atoms with E-state index in [9.17, 15) is 13.2 Å². The number of piperazine rings is 1. The molecule has 2 fully saturated rings. The minimum Gasteiger partial charge on any atom is -0.338 e. The third-order valence-electron chi connectivity index (χ3n) is 5.78. The number of nitrogens with one attached hydrogen (secondary N) is 1. The minimum atomic E-state index is -3.00. The van der Waals surface area contributed by atoms with Gasteiger partial charge in [0.2, 0.25) is 5.91 Å². The number of nitrogens with zero attached hydrogens (tertiary/aromatic N) is 2. The number of aryl methyl sites for hydroxylation is 1. The van der Waals surface area contributed by atoms with Gasteiger partial charge in [-0.3, -0.25) is 9.69 Å². The van der Waals surface area contributed by atoms with Crippen molar-refractivity contribution in [3.05, 3.63) is 35.4 Å². The van der Waals surface area contributed by atoms with Crippen LogP contribution >= 0.6 is 0 Å². The summed E-state index contributed by atoms with van der Waals surface area (Å²) in [6, 6.07) is 8.64. The van der Waals surface area contributed by atoms with E-state index in [2.05, 4.69) is 41.4 Å². The molecule has 2 unspecified atom stereocenters. The zero-order valence-electron chi connectivity index (χ0n) is 16.4. The molecule has 0 aromatic heterocycles. The number of amides is 1. The predicted molar refractivity (Wildman–Crippen MR) is 107 cm³/mol. The number of rotatable bonds is 6. The van der Waals surface area contributed by atoms with Crippen molar-refractivity contribution in [3.8, 4) is 0 Å². The molecule has 2 saturated heterocycles. The Kier molecular flexibility index (Phi) is 6.55. The molecule has 27 heavy (non-hydrogen) atoms. The fourth-order valence-electron chi connectivity index (χ4n) is 4.16. The van der Waals surface area contributed by atoms with Crippen LogP contribution in [0.2, 0.25) is 0 Å². The Balaban J connectivity index is 1.70. The zero-order valence-corrected chi connectivity index (χ0v) is 17.2. The van der Waals surface area contributed by atoms with E-state index in [1.54, 1.807) is 4.90 Å². The van der Waals surface area contributed by atoms with Crippen LogP contribution in [0.15, 0.2) is 24.3 Å². The normalized spacial score (nSPS) is 25.4. The highest BCUT2D eigenvalue weighted by atomic mass is 32.2. The third kappa shape index (κ3) is 4.89. The molecule has 7 heteroatoms. The molecule has 0 aliphatic carbocycles. The van der Waals surface area contributed by atoms with E-state index in [1.807, 2.05) is 6.92 Å². The first-order valence-electron chi connectivity index (χ1n) is 9.97. The van der Waals surface area contributed by atoms with Crippen LogP contribution in [0.25, 0.3) is 0 Å². The number of carbonyl (C=O) groups is 1. The Morgan fingerprint density at radius 2 is 2.00 bits per heavy atom. The summed E-state index contributed by atoms with van der Waals surface area (Å²) in [4.78, 5) is 17.0. The van der Waals surface area contributed by atoms with Crippen LogP contribution < -0.4 is 5.32 Å². The number of carbonyl (C=O) groups excluding carboxylic acids is 1. The molecule has 2 aliphatic heterocycles. The largest absolute Gasteiger partial charge is 0.338 e. The Labute approximate surface area is 162 Å². The van der Waals surface area contributed by atoms with Crippen LogP contribution in [0.3, 0.4) is 0 Å². The van der Waals surface area contributed by atoms with Crippen LogP contribution in [0, 0.1) is 0 Å². The summed E-state index contributed by atoms with van der Waals surface area (Å²) < 4.78 is 23.6. The highest BCUT2D eigenvalue weighted by molar-refractivity contribution is 7.91. The first kappa shape index (κ1) is 20.3. The summed E-state index contributed by atoms with van der Waals surface area (Å²) >= 11 is 0. The van der Waals surface area contributed by atoms with Gasteiger partial charge in [0.15, 0.2) is 9.84 Å². The lowest BCUT2D eigenvalue weighted by atomic mass is 10.0. The maximum absolute atomic E-state index is 13.0. The van der Waals surface area contributed by atoms with Crippen molar-refractivity contribution in [1.29, 1.82) is 0 Å². The van der Waals surface area contributed by atoms with E-state index >= 15 is 0 Å². The molecule has 0 saturated carbocycles. The van der Waals surface area contributed by atoms with Crippen molar-refractivity contribution in [2.24, 2.45) is 0 Å². The van der Waals surface area contributed by atoms with Gasteiger partial charge >= 0.3 is 0 Å². The summed E-state index contributed by atoms with van der Waals surface area (Å²) in [7, 11) is -3.00. The van der Waals surface area contributed by atoms with Crippen LogP contribution in [0.4, 0.5) is 0 Å². The molecule has 3 rings (SSSR count). The molecular formula is C20H31N3O3S. The van der Waals surface area contributed by atoms with Gasteiger partial charge < -0.3 is 10.2 Å². The number of hydrogen-bond acceptors (Lipinski definition) is 5. The van der Waals surface area contributed by atoms with Crippen molar-refractivity contribution in [2.45, 2.75) is 38.8 Å². The number of likely N-dealkylation sites (N-methyl/N-ethyl adjacent to an activating group) is 1. The monoisotopic (exact) mass is 393 g/mol. The van der Waals surface area contributed by atoms with E-state index in [1.165, 1.54) is 11.1 Å². The van der Waals surface area contributed by atoms with Gasteiger partial charge in [-0.05, 0) is 30.9 Å². The highest BCUT2D eigenvalue weighted by Gasteiger charge is 2.35. The molecule has 0 spiro atoms. The SMILES string of the molecule is CCc1ccc(C2CNCCN2CC(=O)N(CC)C2CCS(=O)(=O)C2)cc1. The number of benzene rings is 1. The maximum Gasteiger partial charge on any atom is 0.237 e. The molecule has 2 aliphatic rings. The highest BCUT2D eigenvalue weighted by Crippen LogP contribution is 2.24. The van der Waals surface area contributed by atoms with Gasteiger partial charge in [-0.1, -0.05) is 31.2 Å². The van der Waals surface area contributed by atoms with E-state index in [4.69, 9.17) is 0 Å². The summed E-state index contributed by atoms with van der Waals surface area (Å²) in [6.45, 7) is 7.47. The molecular weight excluding hydrogens is 362 g/mol. The second-order valence-electron chi connectivity index (χ2n) is 7.52. The molecule has 0 radical (unpaired) electrons. The average molecular weight is 394 g/mol. The summed E-state index contributed by atoms with van der Waals surface area (Å²) in [6.07, 6.45) is 1.58. The van der Waals surface area contributed by atoms with Crippen molar-refractivity contribution >= 4 is 15.7 Å². The van der Waals surface area contributed by atoms with Crippen LogP contribution in [0.1, 0.15) is 37.4 Å². The standard InChI is InChI=1S/C20H31N3O3S/c1-3-16-5-7-17(8-6-16)19-13-21-10-11-22(19)14-20(24)23(4-2)18-9-12-27(25,26)15-18/h5-8,18-19,21H,3-4,9-15H2,1-2H3. The van der Waals surface area contributed by atoms with Crippen molar-refractivity contribution in [2.75, 3.05) is 44.2 Å². The molecule has 2 heterocycles. The lowest BCUT2D eigenvalue weighted by Crippen LogP contribution is -2.52. The molecule has 1 amide bonds. The van der Waals surface area contributed by atoms with Crippen LogP contribution in [-0.4, -0.2) is 74.4 Å². The molecule has 1 aromatic carbocycles. The van der Waals surface area contributed by atoms with Crippen molar-refractivity contribution < 1.29 is 13.2 Å². The minimum absolute atomic E-state index is 0.0386. The first-order valence-corrected chi connectivity index (χ1v) is 11.8. The van der Waals surface area contributed by atoms with E-state index in [0.29, 0.717) is 19.5 Å². The van der Waals surface area contributed by atoms with Gasteiger partial charge in [-0.25, -0.2) is 8.42 Å². The molecule has 2 atom stereocenters. The molecule has 0 bridgehead atoms. The fraction of sp³-hybridized carbons (Fsp3) is 0.650. The van der Waals surface area contributed by atoms with Gasteiger partial charge in [0.25, 0.3) is 0 Å². The van der Waals surface area contributed by atoms with Gasteiger partial charge in [-0.2, -0.15) is 0 Å². The Morgan fingerprint density at radius 1 is 1.26 bits per heavy atom. The van der Waals surface area contributed by atoms with Crippen LogP contribution in [0.5, 0.6) is 0 Å². The van der Waals surface area contributed by atoms with Gasteiger partial charge in [0.05, 0.1) is 18.1 Å². The van der Waals surface area contributed by atoms with Gasteiger partial charge in [0, 0.05) is 38.3 Å². The third-order valence-corrected chi connectivity index (χ3v) is 7.53. The summed E-state index contributed by atoms with van der Waals surface area (Å²) in [5.41, 5.74) is 2.53. The summed E-state index contributed by atoms with van der Waals surface area (Å²) in [5, 5.41) is 3.43. The van der Waals surface area contributed by atoms with Gasteiger partial charge in [0.1, 0.15) is 0 Å². The number of sulfone groups is 1. The molecule has 1 N–H and O–H groups in total. The molecule has 1 aromatic rings. The quantitative estimate of drug-likeness (QED) is 0.787. The topological polar surface area (TPSA) is 69.7 Å². The second-order valence-corrected chi connectivity index (χ2v) is 9.75. The fourth-order valence-corrected chi connectivity index (χ4v) is 5.89. The zero-order chi connectivity index (χ0) is 19.4. The first-order chi connectivity index (χ1) is 12.9. The predicted octanol–water partition coefficient (Wildman–Crippen LogP) is 1.23. The lowest BCUT2D eigenvalue weighted by Gasteiger charge is -2.38. The van der Waals surface area contributed by atoms with Crippen molar-refractivity contribution in [1.82, 2.24) is 15.1 Å². The van der Waals surface area contributed by atoms with E-state index < -0.39 is 9.84 Å².